The van der Waals surface area contributed by atoms with Crippen LogP contribution in [0.2, 0.25) is 0 Å². The molecule has 1 aromatic rings. The van der Waals surface area contributed by atoms with Crippen molar-refractivity contribution in [1.82, 2.24) is 9.78 Å². The van der Waals surface area contributed by atoms with Crippen LogP contribution in [0.15, 0.2) is 0 Å². The number of aromatic nitrogens is 2. The molecule has 17 heavy (non-hydrogen) atoms. The topological polar surface area (TPSA) is 27.1 Å². The highest BCUT2D eigenvalue weighted by Gasteiger charge is 2.28. The van der Waals surface area contributed by atoms with E-state index >= 15 is 0 Å². The molecule has 3 nitrogen and oxygen atoms in total. The number of hydrogen-bond acceptors (Lipinski definition) is 2. The minimum absolute atomic E-state index is 0.218. The average Bonchev–Trinajstić information content (AvgIpc) is 2.69. The van der Waals surface area contributed by atoms with Crippen LogP contribution in [-0.2, 0) is 6.42 Å². The largest absolute Gasteiger partial charge is 0.477 e. The molecule has 0 radical (unpaired) electrons. The second-order valence-electron chi connectivity index (χ2n) is 4.53. The summed E-state index contributed by atoms with van der Waals surface area (Å²) >= 11 is 0. The van der Waals surface area contributed by atoms with Crippen LogP contribution in [0.1, 0.15) is 56.8 Å². The fourth-order valence-electron chi connectivity index (χ4n) is 2.37. The number of alkyl halides is 2. The van der Waals surface area contributed by atoms with Crippen LogP contribution < -0.4 is 4.74 Å². The number of halogens is 2. The Bertz CT molecular complexity index is 390. The van der Waals surface area contributed by atoms with E-state index in [9.17, 15) is 8.78 Å². The summed E-state index contributed by atoms with van der Waals surface area (Å²) in [5.74, 6) is 0.500. The van der Waals surface area contributed by atoms with Gasteiger partial charge in [-0.2, -0.15) is 18.6 Å². The molecule has 0 saturated heterocycles. The van der Waals surface area contributed by atoms with Gasteiger partial charge in [0.05, 0.1) is 12.3 Å². The summed E-state index contributed by atoms with van der Waals surface area (Å²) in [5, 5.41) is 4.05. The van der Waals surface area contributed by atoms with Gasteiger partial charge in [0.2, 0.25) is 5.88 Å². The molecule has 5 heteroatoms. The van der Waals surface area contributed by atoms with E-state index in [2.05, 4.69) is 12.0 Å². The summed E-state index contributed by atoms with van der Waals surface area (Å²) in [4.78, 5) is 0. The fourth-order valence-corrected chi connectivity index (χ4v) is 2.37. The Morgan fingerprint density at radius 2 is 2.24 bits per heavy atom. The number of hydrogen-bond donors (Lipinski definition) is 0. The first-order valence-corrected chi connectivity index (χ1v) is 6.17. The smallest absolute Gasteiger partial charge is 0.336 e. The van der Waals surface area contributed by atoms with E-state index in [4.69, 9.17) is 4.74 Å². The zero-order valence-electron chi connectivity index (χ0n) is 10.2. The highest BCUT2D eigenvalue weighted by molar-refractivity contribution is 5.35. The van der Waals surface area contributed by atoms with Crippen molar-refractivity contribution < 1.29 is 13.5 Å². The quantitative estimate of drug-likeness (QED) is 0.810. The van der Waals surface area contributed by atoms with Crippen LogP contribution >= 0.6 is 0 Å². The van der Waals surface area contributed by atoms with E-state index in [1.807, 2.05) is 6.92 Å². The lowest BCUT2D eigenvalue weighted by molar-refractivity contribution is 0.0436. The molecule has 0 amide bonds. The molecule has 0 N–H and O–H groups in total. The van der Waals surface area contributed by atoms with E-state index in [1.54, 1.807) is 0 Å². The van der Waals surface area contributed by atoms with Crippen molar-refractivity contribution in [1.29, 1.82) is 0 Å². The number of ether oxygens (including phenoxy) is 1. The van der Waals surface area contributed by atoms with Crippen molar-refractivity contribution in [2.45, 2.75) is 52.0 Å². The molecular formula is C12H18F2N2O. The number of fused-ring (bicyclic) bond motifs is 1. The molecule has 2 heterocycles. The Kier molecular flexibility index (Phi) is 3.64. The maximum atomic E-state index is 12.8. The van der Waals surface area contributed by atoms with Gasteiger partial charge in [-0.1, -0.05) is 20.3 Å². The predicted octanol–water partition coefficient (Wildman–Crippen LogP) is 3.51. The Balaban J connectivity index is 2.38. The highest BCUT2D eigenvalue weighted by atomic mass is 19.3. The van der Waals surface area contributed by atoms with E-state index in [0.717, 1.165) is 41.6 Å². The van der Waals surface area contributed by atoms with Gasteiger partial charge in [-0.15, -0.1) is 0 Å². The highest BCUT2D eigenvalue weighted by Crippen LogP contribution is 2.35. The van der Waals surface area contributed by atoms with Gasteiger partial charge < -0.3 is 4.74 Å². The lowest BCUT2D eigenvalue weighted by Crippen LogP contribution is -2.12. The average molecular weight is 244 g/mol. The van der Waals surface area contributed by atoms with Gasteiger partial charge in [0, 0.05) is 11.5 Å². The van der Waals surface area contributed by atoms with E-state index in [0.29, 0.717) is 6.61 Å². The maximum Gasteiger partial charge on any atom is 0.336 e. The minimum atomic E-state index is -2.62. The summed E-state index contributed by atoms with van der Waals surface area (Å²) in [6, 6.07) is 0. The summed E-state index contributed by atoms with van der Waals surface area (Å²) < 4.78 is 31.8. The molecule has 1 aliphatic heterocycles. The first-order valence-electron chi connectivity index (χ1n) is 6.17. The molecule has 0 bridgehead atoms. The Labute approximate surface area is 99.8 Å². The molecule has 1 unspecified atom stereocenters. The molecule has 96 valence electrons. The first kappa shape index (κ1) is 12.3. The van der Waals surface area contributed by atoms with Crippen molar-refractivity contribution >= 4 is 0 Å². The Morgan fingerprint density at radius 1 is 1.47 bits per heavy atom. The van der Waals surface area contributed by atoms with Gasteiger partial charge in [0.25, 0.3) is 0 Å². The first-order chi connectivity index (χ1) is 8.15. The van der Waals surface area contributed by atoms with Crippen molar-refractivity contribution in [3.63, 3.8) is 0 Å². The second-order valence-corrected chi connectivity index (χ2v) is 4.53. The second kappa shape index (κ2) is 5.02. The minimum Gasteiger partial charge on any atom is -0.477 e. The maximum absolute atomic E-state index is 12.8. The van der Waals surface area contributed by atoms with Gasteiger partial charge in [0.15, 0.2) is 0 Å². The summed E-state index contributed by atoms with van der Waals surface area (Å²) in [5.41, 5.74) is 1.68. The molecule has 0 saturated carbocycles. The molecule has 0 spiro atoms. The van der Waals surface area contributed by atoms with Crippen LogP contribution in [0.25, 0.3) is 0 Å². The number of rotatable bonds is 4. The zero-order chi connectivity index (χ0) is 12.4. The van der Waals surface area contributed by atoms with E-state index in [-0.39, 0.29) is 11.8 Å². The molecule has 0 aromatic carbocycles. The Morgan fingerprint density at radius 3 is 2.88 bits per heavy atom. The lowest BCUT2D eigenvalue weighted by atomic mass is 9.96. The standard InChI is InChI=1S/C12H18F2N2O/c1-3-5-8(2)10-9-6-4-7-17-11(9)16(15-10)12(13)14/h8,12H,3-7H2,1-2H3. The van der Waals surface area contributed by atoms with E-state index < -0.39 is 6.55 Å². The predicted molar refractivity (Wildman–Crippen MR) is 60.6 cm³/mol. The molecule has 1 aliphatic rings. The van der Waals surface area contributed by atoms with Crippen molar-refractivity contribution in [3.05, 3.63) is 11.3 Å². The third-order valence-electron chi connectivity index (χ3n) is 3.17. The van der Waals surface area contributed by atoms with Crippen LogP contribution in [0, 0.1) is 0 Å². The van der Waals surface area contributed by atoms with Crippen LogP contribution in [0.4, 0.5) is 8.78 Å². The van der Waals surface area contributed by atoms with Gasteiger partial charge in [-0.25, -0.2) is 0 Å². The zero-order valence-corrected chi connectivity index (χ0v) is 10.2. The normalized spacial score (nSPS) is 16.8. The van der Waals surface area contributed by atoms with Gasteiger partial charge in [0.1, 0.15) is 0 Å². The molecule has 1 atom stereocenters. The third kappa shape index (κ3) is 2.28. The monoisotopic (exact) mass is 244 g/mol. The SMILES string of the molecule is CCCC(C)c1nn(C(F)F)c2c1CCCO2. The van der Waals surface area contributed by atoms with Gasteiger partial charge >= 0.3 is 6.55 Å². The summed E-state index contributed by atoms with van der Waals surface area (Å²) in [6.07, 6.45) is 3.67. The third-order valence-corrected chi connectivity index (χ3v) is 3.17. The van der Waals surface area contributed by atoms with Crippen molar-refractivity contribution in [3.8, 4) is 5.88 Å². The Hall–Kier alpha value is -1.13. The van der Waals surface area contributed by atoms with Gasteiger partial charge in [-0.3, -0.25) is 0 Å². The van der Waals surface area contributed by atoms with Crippen LogP contribution in [-0.4, -0.2) is 16.4 Å². The molecule has 0 aliphatic carbocycles. The molecular weight excluding hydrogens is 226 g/mol. The molecule has 1 aromatic heterocycles. The lowest BCUT2D eigenvalue weighted by Gasteiger charge is -2.16. The van der Waals surface area contributed by atoms with Crippen molar-refractivity contribution in [2.75, 3.05) is 6.61 Å². The van der Waals surface area contributed by atoms with Crippen LogP contribution in [0.3, 0.4) is 0 Å². The van der Waals surface area contributed by atoms with Crippen LogP contribution in [0.5, 0.6) is 5.88 Å². The van der Waals surface area contributed by atoms with Gasteiger partial charge in [-0.05, 0) is 19.3 Å². The molecule has 2 rings (SSSR count). The fraction of sp³-hybridized carbons (Fsp3) is 0.750. The number of nitrogens with zero attached hydrogens (tertiary/aromatic N) is 2. The summed E-state index contributed by atoms with van der Waals surface area (Å²) in [7, 11) is 0. The van der Waals surface area contributed by atoms with Crippen molar-refractivity contribution in [2.24, 2.45) is 0 Å². The summed E-state index contributed by atoms with van der Waals surface area (Å²) in [6.45, 7) is 2.01. The molecule has 0 fully saturated rings. The van der Waals surface area contributed by atoms with E-state index in [1.165, 1.54) is 0 Å².